The molecular weight excluding hydrogens is 370 g/mol. The number of para-hydroxylation sites is 2. The molecule has 3 rings (SSSR count). The number of carbonyl (C=O) groups is 1. The molecule has 1 aliphatic rings. The average Bonchev–Trinajstić information content (AvgIpc) is 2.92. The Labute approximate surface area is 149 Å². The minimum atomic E-state index is -0.358. The number of benzene rings is 2. The number of hydrogen-bond donors (Lipinski definition) is 1. The summed E-state index contributed by atoms with van der Waals surface area (Å²) in [6.07, 6.45) is 1.18. The van der Waals surface area contributed by atoms with E-state index in [4.69, 9.17) is 9.47 Å². The third-order valence-corrected chi connectivity index (χ3v) is 4.52. The first-order valence-electron chi connectivity index (χ1n) is 7.62. The van der Waals surface area contributed by atoms with Gasteiger partial charge in [0.05, 0.1) is 18.8 Å². The summed E-state index contributed by atoms with van der Waals surface area (Å²) in [7, 11) is 1.63. The maximum Gasteiger partial charge on any atom is 0.331 e. The van der Waals surface area contributed by atoms with Crippen molar-refractivity contribution < 1.29 is 14.3 Å². The van der Waals surface area contributed by atoms with Crippen LogP contribution in [0.4, 0.5) is 5.69 Å². The van der Waals surface area contributed by atoms with Gasteiger partial charge in [0.15, 0.2) is 0 Å². The van der Waals surface area contributed by atoms with E-state index in [1.165, 1.54) is 0 Å². The second-order valence-corrected chi connectivity index (χ2v) is 6.54. The van der Waals surface area contributed by atoms with Crippen molar-refractivity contribution in [1.29, 1.82) is 0 Å². The fourth-order valence-electron chi connectivity index (χ4n) is 2.79. The molecule has 0 saturated carbocycles. The largest absolute Gasteiger partial charge is 0.495 e. The van der Waals surface area contributed by atoms with Crippen LogP contribution in [0.3, 0.4) is 0 Å². The molecule has 0 radical (unpaired) electrons. The minimum absolute atomic E-state index is 0.211. The summed E-state index contributed by atoms with van der Waals surface area (Å²) in [4.78, 5) is 11.7. The first kappa shape index (κ1) is 16.6. The second-order valence-electron chi connectivity index (χ2n) is 5.62. The van der Waals surface area contributed by atoms with Crippen molar-refractivity contribution in [2.24, 2.45) is 0 Å². The second kappa shape index (κ2) is 7.09. The standard InChI is InChI=1S/C19H18BrNO3/c1-12-11-17(22)24-19(12)18(13-7-9-14(20)10-8-13)21-15-5-3-4-6-16(15)23-2/h3-11,18-19,21H,1-2H3/t18-,19+/m0/s1. The molecule has 2 atom stereocenters. The highest BCUT2D eigenvalue weighted by atomic mass is 79.9. The average molecular weight is 388 g/mol. The number of halogens is 1. The lowest BCUT2D eigenvalue weighted by Gasteiger charge is -2.27. The molecular formula is C19H18BrNO3. The Morgan fingerprint density at radius 1 is 1.17 bits per heavy atom. The molecule has 1 heterocycles. The van der Waals surface area contributed by atoms with Gasteiger partial charge in [-0.15, -0.1) is 0 Å². The molecule has 1 aliphatic heterocycles. The van der Waals surface area contributed by atoms with Crippen LogP contribution in [0, 0.1) is 0 Å². The van der Waals surface area contributed by atoms with Crippen LogP contribution in [-0.4, -0.2) is 19.2 Å². The van der Waals surface area contributed by atoms with E-state index in [1.807, 2.05) is 55.5 Å². The molecule has 4 nitrogen and oxygen atoms in total. The summed E-state index contributed by atoms with van der Waals surface area (Å²) in [5.41, 5.74) is 2.77. The number of carbonyl (C=O) groups excluding carboxylic acids is 1. The lowest BCUT2D eigenvalue weighted by atomic mass is 9.96. The number of rotatable bonds is 5. The zero-order valence-corrected chi connectivity index (χ0v) is 15.0. The van der Waals surface area contributed by atoms with Crippen molar-refractivity contribution in [2.75, 3.05) is 12.4 Å². The number of hydrogen-bond acceptors (Lipinski definition) is 4. The maximum atomic E-state index is 11.7. The van der Waals surface area contributed by atoms with E-state index in [1.54, 1.807) is 13.2 Å². The fraction of sp³-hybridized carbons (Fsp3) is 0.211. The molecule has 0 amide bonds. The van der Waals surface area contributed by atoms with Gasteiger partial charge in [-0.2, -0.15) is 0 Å². The van der Waals surface area contributed by atoms with Crippen molar-refractivity contribution in [3.63, 3.8) is 0 Å². The molecule has 24 heavy (non-hydrogen) atoms. The van der Waals surface area contributed by atoms with Gasteiger partial charge in [-0.05, 0) is 42.3 Å². The highest BCUT2D eigenvalue weighted by Gasteiger charge is 2.32. The molecule has 2 aromatic rings. The third-order valence-electron chi connectivity index (χ3n) is 3.99. The van der Waals surface area contributed by atoms with Crippen molar-refractivity contribution in [1.82, 2.24) is 0 Å². The smallest absolute Gasteiger partial charge is 0.331 e. The predicted molar refractivity (Wildman–Crippen MR) is 97.1 cm³/mol. The lowest BCUT2D eigenvalue weighted by Crippen LogP contribution is -2.27. The van der Waals surface area contributed by atoms with Gasteiger partial charge in [0.1, 0.15) is 11.9 Å². The Balaban J connectivity index is 1.97. The SMILES string of the molecule is COc1ccccc1N[C@@H](c1ccc(Br)cc1)[C@@H]1OC(=O)C=C1C. The molecule has 0 unspecified atom stereocenters. The van der Waals surface area contributed by atoms with Gasteiger partial charge < -0.3 is 14.8 Å². The van der Waals surface area contributed by atoms with Crippen LogP contribution in [0.15, 0.2) is 64.7 Å². The molecule has 0 spiro atoms. The van der Waals surface area contributed by atoms with E-state index < -0.39 is 0 Å². The maximum absolute atomic E-state index is 11.7. The predicted octanol–water partition coefficient (Wildman–Crippen LogP) is 4.48. The molecule has 0 aromatic heterocycles. The van der Waals surface area contributed by atoms with Crippen LogP contribution < -0.4 is 10.1 Å². The minimum Gasteiger partial charge on any atom is -0.495 e. The Hall–Kier alpha value is -2.27. The number of anilines is 1. The van der Waals surface area contributed by atoms with Crippen molar-refractivity contribution in [3.8, 4) is 5.75 Å². The Morgan fingerprint density at radius 3 is 2.50 bits per heavy atom. The van der Waals surface area contributed by atoms with Crippen molar-refractivity contribution in [2.45, 2.75) is 19.1 Å². The number of methoxy groups -OCH3 is 1. The zero-order valence-electron chi connectivity index (χ0n) is 13.5. The van der Waals surface area contributed by atoms with Gasteiger partial charge in [0.25, 0.3) is 0 Å². The number of nitrogens with one attached hydrogen (secondary N) is 1. The summed E-state index contributed by atoms with van der Waals surface area (Å²) < 4.78 is 11.9. The molecule has 0 aliphatic carbocycles. The van der Waals surface area contributed by atoms with E-state index in [-0.39, 0.29) is 18.1 Å². The number of ether oxygens (including phenoxy) is 2. The molecule has 0 saturated heterocycles. The summed E-state index contributed by atoms with van der Waals surface area (Å²) >= 11 is 3.45. The third kappa shape index (κ3) is 3.46. The van der Waals surface area contributed by atoms with E-state index >= 15 is 0 Å². The highest BCUT2D eigenvalue weighted by molar-refractivity contribution is 9.10. The van der Waals surface area contributed by atoms with Crippen molar-refractivity contribution in [3.05, 3.63) is 70.2 Å². The van der Waals surface area contributed by atoms with Crippen LogP contribution >= 0.6 is 15.9 Å². The van der Waals surface area contributed by atoms with Gasteiger partial charge in [-0.25, -0.2) is 4.79 Å². The quantitative estimate of drug-likeness (QED) is 0.768. The van der Waals surface area contributed by atoms with Crippen LogP contribution in [0.25, 0.3) is 0 Å². The highest BCUT2D eigenvalue weighted by Crippen LogP contribution is 2.35. The monoisotopic (exact) mass is 387 g/mol. The Morgan fingerprint density at radius 2 is 1.88 bits per heavy atom. The summed E-state index contributed by atoms with van der Waals surface area (Å²) in [6, 6.07) is 15.5. The molecule has 0 bridgehead atoms. The van der Waals surface area contributed by atoms with Crippen LogP contribution in [0.2, 0.25) is 0 Å². The van der Waals surface area contributed by atoms with E-state index in [0.29, 0.717) is 0 Å². The number of esters is 1. The van der Waals surface area contributed by atoms with Gasteiger partial charge >= 0.3 is 5.97 Å². The van der Waals surface area contributed by atoms with Crippen LogP contribution in [0.5, 0.6) is 5.75 Å². The first-order valence-corrected chi connectivity index (χ1v) is 8.41. The summed E-state index contributed by atoms with van der Waals surface area (Å²) in [5, 5.41) is 3.47. The van der Waals surface area contributed by atoms with E-state index in [9.17, 15) is 4.79 Å². The fourth-order valence-corrected chi connectivity index (χ4v) is 3.05. The Bertz CT molecular complexity index is 770. The lowest BCUT2D eigenvalue weighted by molar-refractivity contribution is -0.139. The summed E-state index contributed by atoms with van der Waals surface area (Å²) in [5.74, 6) is 0.437. The molecule has 2 aromatic carbocycles. The molecule has 5 heteroatoms. The van der Waals surface area contributed by atoms with Crippen LogP contribution in [-0.2, 0) is 9.53 Å². The normalized spacial score (nSPS) is 17.9. The number of cyclic esters (lactones) is 1. The topological polar surface area (TPSA) is 47.6 Å². The Kier molecular flexibility index (Phi) is 4.90. The molecule has 124 valence electrons. The van der Waals surface area contributed by atoms with Crippen LogP contribution in [0.1, 0.15) is 18.5 Å². The van der Waals surface area contributed by atoms with Gasteiger partial charge in [-0.3, -0.25) is 0 Å². The summed E-state index contributed by atoms with van der Waals surface area (Å²) in [6.45, 7) is 1.91. The molecule has 0 fully saturated rings. The first-order chi connectivity index (χ1) is 11.6. The molecule has 1 N–H and O–H groups in total. The van der Waals surface area contributed by atoms with Gasteiger partial charge in [0.2, 0.25) is 0 Å². The van der Waals surface area contributed by atoms with Gasteiger partial charge in [0, 0.05) is 10.5 Å². The van der Waals surface area contributed by atoms with E-state index in [0.717, 1.165) is 27.0 Å². The van der Waals surface area contributed by atoms with E-state index in [2.05, 4.69) is 21.2 Å². The van der Waals surface area contributed by atoms with Crippen molar-refractivity contribution >= 4 is 27.6 Å². The zero-order chi connectivity index (χ0) is 17.1. The van der Waals surface area contributed by atoms with Gasteiger partial charge in [-0.1, -0.05) is 40.2 Å².